The molecule has 3 nitrogen and oxygen atoms in total. The molecule has 4 heteroatoms. The van der Waals surface area contributed by atoms with E-state index in [-0.39, 0.29) is 5.82 Å². The van der Waals surface area contributed by atoms with Crippen molar-refractivity contribution in [2.75, 3.05) is 6.61 Å². The van der Waals surface area contributed by atoms with E-state index in [0.717, 1.165) is 28.6 Å². The van der Waals surface area contributed by atoms with Gasteiger partial charge in [0.25, 0.3) is 0 Å². The SMILES string of the molecule is CCCOc1cccc2c1ccn2Cc1cncc(F)c1. The molecule has 0 spiro atoms. The Labute approximate surface area is 123 Å². The Kier molecular flexibility index (Phi) is 3.86. The van der Waals surface area contributed by atoms with Gasteiger partial charge in [0.2, 0.25) is 0 Å². The van der Waals surface area contributed by atoms with E-state index >= 15 is 0 Å². The molecule has 1 aromatic carbocycles. The maximum atomic E-state index is 13.2. The highest BCUT2D eigenvalue weighted by molar-refractivity contribution is 5.86. The molecule has 0 amide bonds. The minimum Gasteiger partial charge on any atom is -0.493 e. The highest BCUT2D eigenvalue weighted by Crippen LogP contribution is 2.27. The van der Waals surface area contributed by atoms with Crippen molar-refractivity contribution in [3.8, 4) is 5.75 Å². The second kappa shape index (κ2) is 5.95. The van der Waals surface area contributed by atoms with Crippen molar-refractivity contribution < 1.29 is 9.13 Å². The molecule has 0 radical (unpaired) electrons. The minimum absolute atomic E-state index is 0.309. The maximum absolute atomic E-state index is 13.2. The first-order valence-electron chi connectivity index (χ1n) is 7.08. The second-order valence-corrected chi connectivity index (χ2v) is 4.99. The zero-order valence-electron chi connectivity index (χ0n) is 11.9. The Balaban J connectivity index is 1.93. The Morgan fingerprint density at radius 1 is 1.24 bits per heavy atom. The molecule has 3 aromatic rings. The van der Waals surface area contributed by atoms with E-state index in [4.69, 9.17) is 4.74 Å². The van der Waals surface area contributed by atoms with E-state index in [2.05, 4.69) is 16.5 Å². The third-order valence-corrected chi connectivity index (χ3v) is 3.35. The van der Waals surface area contributed by atoms with Crippen LogP contribution in [0.15, 0.2) is 48.9 Å². The molecule has 0 aliphatic heterocycles. The molecule has 0 saturated heterocycles. The first-order chi connectivity index (χ1) is 10.3. The number of halogens is 1. The number of hydrogen-bond acceptors (Lipinski definition) is 2. The van der Waals surface area contributed by atoms with Crippen molar-refractivity contribution in [1.82, 2.24) is 9.55 Å². The van der Waals surface area contributed by atoms with Gasteiger partial charge < -0.3 is 9.30 Å². The van der Waals surface area contributed by atoms with E-state index in [1.165, 1.54) is 12.3 Å². The molecule has 0 bridgehead atoms. The summed E-state index contributed by atoms with van der Waals surface area (Å²) in [5.41, 5.74) is 1.92. The van der Waals surface area contributed by atoms with Crippen LogP contribution in [-0.2, 0) is 6.54 Å². The molecule has 0 saturated carbocycles. The number of benzene rings is 1. The fourth-order valence-corrected chi connectivity index (χ4v) is 2.41. The number of ether oxygens (including phenoxy) is 1. The van der Waals surface area contributed by atoms with Crippen LogP contribution in [0.4, 0.5) is 4.39 Å². The van der Waals surface area contributed by atoms with Crippen molar-refractivity contribution in [3.63, 3.8) is 0 Å². The lowest BCUT2D eigenvalue weighted by Gasteiger charge is -2.08. The predicted octanol–water partition coefficient (Wildman–Crippen LogP) is 4.01. The molecule has 0 fully saturated rings. The molecule has 0 N–H and O–H groups in total. The van der Waals surface area contributed by atoms with Crippen LogP contribution in [0, 0.1) is 5.82 Å². The third-order valence-electron chi connectivity index (χ3n) is 3.35. The summed E-state index contributed by atoms with van der Waals surface area (Å²) in [5, 5.41) is 1.08. The van der Waals surface area contributed by atoms with Gasteiger partial charge in [-0.1, -0.05) is 13.0 Å². The summed E-state index contributed by atoms with van der Waals surface area (Å²) in [6.45, 7) is 3.38. The van der Waals surface area contributed by atoms with Gasteiger partial charge in [-0.15, -0.1) is 0 Å². The molecular formula is C17H17FN2O. The third kappa shape index (κ3) is 2.89. The largest absolute Gasteiger partial charge is 0.493 e. The van der Waals surface area contributed by atoms with Gasteiger partial charge in [0.05, 0.1) is 18.3 Å². The van der Waals surface area contributed by atoms with Crippen molar-refractivity contribution in [2.45, 2.75) is 19.9 Å². The van der Waals surface area contributed by atoms with Crippen molar-refractivity contribution in [1.29, 1.82) is 0 Å². The predicted molar refractivity (Wildman–Crippen MR) is 81.0 cm³/mol. The van der Waals surface area contributed by atoms with Gasteiger partial charge in [-0.2, -0.15) is 0 Å². The van der Waals surface area contributed by atoms with Crippen molar-refractivity contribution in [3.05, 3.63) is 60.3 Å². The fourth-order valence-electron chi connectivity index (χ4n) is 2.41. The zero-order chi connectivity index (χ0) is 14.7. The Hall–Kier alpha value is -2.36. The summed E-state index contributed by atoms with van der Waals surface area (Å²) in [4.78, 5) is 3.89. The molecule has 3 rings (SSSR count). The molecule has 0 aliphatic rings. The number of rotatable bonds is 5. The first-order valence-corrected chi connectivity index (χ1v) is 7.08. The highest BCUT2D eigenvalue weighted by atomic mass is 19.1. The summed E-state index contributed by atoms with van der Waals surface area (Å²) in [5.74, 6) is 0.585. The van der Waals surface area contributed by atoms with Gasteiger partial charge >= 0.3 is 0 Å². The van der Waals surface area contributed by atoms with Crippen LogP contribution >= 0.6 is 0 Å². The highest BCUT2D eigenvalue weighted by Gasteiger charge is 2.07. The van der Waals surface area contributed by atoms with E-state index in [1.807, 2.05) is 30.5 Å². The summed E-state index contributed by atoms with van der Waals surface area (Å²) < 4.78 is 21.1. The smallest absolute Gasteiger partial charge is 0.141 e. The maximum Gasteiger partial charge on any atom is 0.141 e. The number of pyridine rings is 1. The molecule has 21 heavy (non-hydrogen) atoms. The summed E-state index contributed by atoms with van der Waals surface area (Å²) in [7, 11) is 0. The molecule has 2 heterocycles. The topological polar surface area (TPSA) is 27.1 Å². The normalized spacial score (nSPS) is 11.0. The van der Waals surface area contributed by atoms with Crippen LogP contribution in [-0.4, -0.2) is 16.2 Å². The summed E-state index contributed by atoms with van der Waals surface area (Å²) in [6.07, 6.45) is 5.88. The van der Waals surface area contributed by atoms with Gasteiger partial charge in [0.15, 0.2) is 0 Å². The second-order valence-electron chi connectivity index (χ2n) is 4.99. The fraction of sp³-hybridized carbons (Fsp3) is 0.235. The monoisotopic (exact) mass is 284 g/mol. The summed E-state index contributed by atoms with van der Waals surface area (Å²) in [6, 6.07) is 9.55. The standard InChI is InChI=1S/C17H17FN2O/c1-2-8-21-17-5-3-4-16-15(17)6-7-20(16)12-13-9-14(18)11-19-10-13/h3-7,9-11H,2,8,12H2,1H3. The van der Waals surface area contributed by atoms with Gasteiger partial charge in [-0.05, 0) is 36.2 Å². The number of nitrogens with zero attached hydrogens (tertiary/aromatic N) is 2. The van der Waals surface area contributed by atoms with Gasteiger partial charge in [-0.3, -0.25) is 4.98 Å². The number of fused-ring (bicyclic) bond motifs is 1. The lowest BCUT2D eigenvalue weighted by atomic mass is 10.2. The zero-order valence-corrected chi connectivity index (χ0v) is 11.9. The Bertz CT molecular complexity index is 751. The van der Waals surface area contributed by atoms with Crippen LogP contribution in [0.1, 0.15) is 18.9 Å². The van der Waals surface area contributed by atoms with Gasteiger partial charge in [-0.25, -0.2) is 4.39 Å². The van der Waals surface area contributed by atoms with E-state index in [1.54, 1.807) is 6.20 Å². The average Bonchev–Trinajstić information content (AvgIpc) is 2.89. The molecular weight excluding hydrogens is 267 g/mol. The van der Waals surface area contributed by atoms with Gasteiger partial charge in [0, 0.05) is 24.3 Å². The van der Waals surface area contributed by atoms with E-state index < -0.39 is 0 Å². The van der Waals surface area contributed by atoms with Crippen molar-refractivity contribution in [2.24, 2.45) is 0 Å². The van der Waals surface area contributed by atoms with Crippen LogP contribution in [0.2, 0.25) is 0 Å². The number of hydrogen-bond donors (Lipinski definition) is 0. The summed E-state index contributed by atoms with van der Waals surface area (Å²) >= 11 is 0. The first kappa shape index (κ1) is 13.6. The molecule has 0 aliphatic carbocycles. The molecule has 2 aromatic heterocycles. The van der Waals surface area contributed by atoms with E-state index in [9.17, 15) is 4.39 Å². The van der Waals surface area contributed by atoms with Crippen LogP contribution in [0.25, 0.3) is 10.9 Å². The molecule has 108 valence electrons. The quantitative estimate of drug-likeness (QED) is 0.707. The Morgan fingerprint density at radius 2 is 2.14 bits per heavy atom. The number of aromatic nitrogens is 2. The molecule has 0 atom stereocenters. The lowest BCUT2D eigenvalue weighted by molar-refractivity contribution is 0.321. The van der Waals surface area contributed by atoms with Gasteiger partial charge in [0.1, 0.15) is 11.6 Å². The average molecular weight is 284 g/mol. The van der Waals surface area contributed by atoms with E-state index in [0.29, 0.717) is 13.2 Å². The molecule has 0 unspecified atom stereocenters. The van der Waals surface area contributed by atoms with Crippen molar-refractivity contribution >= 4 is 10.9 Å². The lowest BCUT2D eigenvalue weighted by Crippen LogP contribution is -1.99. The minimum atomic E-state index is -0.309. The Morgan fingerprint density at radius 3 is 2.95 bits per heavy atom. The van der Waals surface area contributed by atoms with Crippen LogP contribution < -0.4 is 4.74 Å². The van der Waals surface area contributed by atoms with Crippen LogP contribution in [0.5, 0.6) is 5.75 Å². The van der Waals surface area contributed by atoms with Crippen LogP contribution in [0.3, 0.4) is 0 Å².